The van der Waals surface area contributed by atoms with E-state index in [4.69, 9.17) is 10.8 Å². The maximum atomic E-state index is 12.8. The van der Waals surface area contributed by atoms with Gasteiger partial charge < -0.3 is 10.8 Å². The molecule has 0 rings (SSSR count). The second-order valence-corrected chi connectivity index (χ2v) is 2.91. The van der Waals surface area contributed by atoms with E-state index >= 15 is 0 Å². The summed E-state index contributed by atoms with van der Waals surface area (Å²) in [5.74, 6) is -1.06. The molecule has 0 saturated carbocycles. The lowest BCUT2D eigenvalue weighted by molar-refractivity contribution is -0.138. The van der Waals surface area contributed by atoms with Gasteiger partial charge in [0.25, 0.3) is 0 Å². The van der Waals surface area contributed by atoms with Gasteiger partial charge in [0.05, 0.1) is 0 Å². The predicted molar refractivity (Wildman–Crippen MR) is 44.6 cm³/mol. The molecule has 3 nitrogen and oxygen atoms in total. The zero-order valence-corrected chi connectivity index (χ0v) is 7.29. The Bertz CT molecular complexity index is 141. The summed E-state index contributed by atoms with van der Waals surface area (Å²) in [5.41, 5.74) is 5.19. The van der Waals surface area contributed by atoms with Crippen LogP contribution in [-0.2, 0) is 4.79 Å². The van der Waals surface area contributed by atoms with Crippen molar-refractivity contribution in [3.8, 4) is 0 Å². The smallest absolute Gasteiger partial charge is 0.320 e. The van der Waals surface area contributed by atoms with E-state index in [1.165, 1.54) is 0 Å². The van der Waals surface area contributed by atoms with Crippen LogP contribution in [0.15, 0.2) is 0 Å². The van der Waals surface area contributed by atoms with Gasteiger partial charge in [-0.25, -0.2) is 4.39 Å². The Morgan fingerprint density at radius 3 is 2.50 bits per heavy atom. The second kappa shape index (κ2) is 5.94. The molecule has 0 aromatic rings. The molecular weight excluding hydrogens is 161 g/mol. The molecule has 0 spiro atoms. The van der Waals surface area contributed by atoms with Crippen molar-refractivity contribution in [2.45, 2.75) is 44.8 Å². The van der Waals surface area contributed by atoms with Crippen LogP contribution in [0, 0.1) is 0 Å². The maximum absolute atomic E-state index is 12.8. The number of aliphatic carboxylic acids is 1. The second-order valence-electron chi connectivity index (χ2n) is 2.91. The zero-order valence-electron chi connectivity index (χ0n) is 7.29. The molecule has 0 aromatic carbocycles. The standard InChI is InChI=1S/C8H16FNO2/c1-2-3-6(9)4-5-7(10)8(11)12/h6-7H,2-5,10H2,1H3,(H,11,12). The SMILES string of the molecule is CCCC(F)CCC(N)C(=O)O. The van der Waals surface area contributed by atoms with Crippen LogP contribution in [0.25, 0.3) is 0 Å². The first-order valence-corrected chi connectivity index (χ1v) is 4.20. The third-order valence-corrected chi connectivity index (χ3v) is 1.71. The van der Waals surface area contributed by atoms with E-state index < -0.39 is 18.2 Å². The van der Waals surface area contributed by atoms with Crippen LogP contribution in [0.4, 0.5) is 4.39 Å². The minimum absolute atomic E-state index is 0.219. The Morgan fingerprint density at radius 2 is 2.08 bits per heavy atom. The van der Waals surface area contributed by atoms with Crippen LogP contribution < -0.4 is 5.73 Å². The molecule has 0 heterocycles. The van der Waals surface area contributed by atoms with Crippen LogP contribution in [0.1, 0.15) is 32.6 Å². The molecule has 2 atom stereocenters. The first-order valence-electron chi connectivity index (χ1n) is 4.20. The minimum Gasteiger partial charge on any atom is -0.480 e. The number of carboxylic acids is 1. The molecule has 0 amide bonds. The Labute approximate surface area is 71.8 Å². The number of halogens is 1. The number of carbonyl (C=O) groups is 1. The van der Waals surface area contributed by atoms with E-state index in [0.717, 1.165) is 6.42 Å². The van der Waals surface area contributed by atoms with Gasteiger partial charge in [-0.2, -0.15) is 0 Å². The molecule has 0 radical (unpaired) electrons. The highest BCUT2D eigenvalue weighted by Gasteiger charge is 2.14. The molecule has 0 fully saturated rings. The number of hydrogen-bond acceptors (Lipinski definition) is 2. The molecule has 0 saturated heterocycles. The van der Waals surface area contributed by atoms with E-state index in [-0.39, 0.29) is 12.8 Å². The number of hydrogen-bond donors (Lipinski definition) is 2. The molecule has 0 aliphatic rings. The van der Waals surface area contributed by atoms with Crippen LogP contribution in [-0.4, -0.2) is 23.3 Å². The summed E-state index contributed by atoms with van der Waals surface area (Å²) in [6.45, 7) is 1.89. The highest BCUT2D eigenvalue weighted by atomic mass is 19.1. The van der Waals surface area contributed by atoms with E-state index in [2.05, 4.69) is 0 Å². The molecule has 0 aliphatic heterocycles. The number of alkyl halides is 1. The zero-order chi connectivity index (χ0) is 9.56. The average Bonchev–Trinajstić information content (AvgIpc) is 2.00. The fraction of sp³-hybridized carbons (Fsp3) is 0.875. The highest BCUT2D eigenvalue weighted by Crippen LogP contribution is 2.09. The van der Waals surface area contributed by atoms with E-state index in [1.807, 2.05) is 6.92 Å². The number of nitrogens with two attached hydrogens (primary N) is 1. The largest absolute Gasteiger partial charge is 0.480 e. The van der Waals surface area contributed by atoms with E-state index in [1.54, 1.807) is 0 Å². The van der Waals surface area contributed by atoms with Crippen molar-refractivity contribution in [2.75, 3.05) is 0 Å². The summed E-state index contributed by atoms with van der Waals surface area (Å²) in [7, 11) is 0. The molecule has 0 aliphatic carbocycles. The van der Waals surface area contributed by atoms with Gasteiger partial charge in [0.1, 0.15) is 12.2 Å². The normalized spacial score (nSPS) is 15.6. The summed E-state index contributed by atoms with van der Waals surface area (Å²) in [5, 5.41) is 8.38. The Kier molecular flexibility index (Phi) is 5.62. The van der Waals surface area contributed by atoms with Gasteiger partial charge in [0, 0.05) is 0 Å². The summed E-state index contributed by atoms with van der Waals surface area (Å²) in [6.07, 6.45) is 0.841. The van der Waals surface area contributed by atoms with Gasteiger partial charge in [0.2, 0.25) is 0 Å². The lowest BCUT2D eigenvalue weighted by Crippen LogP contribution is -2.30. The van der Waals surface area contributed by atoms with Gasteiger partial charge in [-0.15, -0.1) is 0 Å². The van der Waals surface area contributed by atoms with Crippen LogP contribution in [0.5, 0.6) is 0 Å². The van der Waals surface area contributed by atoms with Crippen molar-refractivity contribution < 1.29 is 14.3 Å². The summed E-state index contributed by atoms with van der Waals surface area (Å²) < 4.78 is 12.8. The molecule has 0 bridgehead atoms. The fourth-order valence-corrected chi connectivity index (χ4v) is 0.941. The average molecular weight is 177 g/mol. The third kappa shape index (κ3) is 5.07. The fourth-order valence-electron chi connectivity index (χ4n) is 0.941. The van der Waals surface area contributed by atoms with Gasteiger partial charge >= 0.3 is 5.97 Å². The van der Waals surface area contributed by atoms with Crippen molar-refractivity contribution in [1.29, 1.82) is 0 Å². The van der Waals surface area contributed by atoms with E-state index in [9.17, 15) is 9.18 Å². The lowest BCUT2D eigenvalue weighted by atomic mass is 10.1. The number of rotatable bonds is 6. The Balaban J connectivity index is 3.46. The Hall–Kier alpha value is -0.640. The van der Waals surface area contributed by atoms with Crippen LogP contribution in [0.2, 0.25) is 0 Å². The van der Waals surface area contributed by atoms with Crippen molar-refractivity contribution in [3.63, 3.8) is 0 Å². The maximum Gasteiger partial charge on any atom is 0.320 e. The van der Waals surface area contributed by atoms with Crippen molar-refractivity contribution >= 4 is 5.97 Å². The minimum atomic E-state index is -1.06. The summed E-state index contributed by atoms with van der Waals surface area (Å²) in [6, 6.07) is -0.917. The van der Waals surface area contributed by atoms with Crippen molar-refractivity contribution in [1.82, 2.24) is 0 Å². The van der Waals surface area contributed by atoms with Crippen molar-refractivity contribution in [3.05, 3.63) is 0 Å². The van der Waals surface area contributed by atoms with Gasteiger partial charge in [-0.05, 0) is 19.3 Å². The van der Waals surface area contributed by atoms with Crippen molar-refractivity contribution in [2.24, 2.45) is 5.73 Å². The van der Waals surface area contributed by atoms with Crippen LogP contribution >= 0.6 is 0 Å². The lowest BCUT2D eigenvalue weighted by Gasteiger charge is -2.08. The third-order valence-electron chi connectivity index (χ3n) is 1.71. The van der Waals surface area contributed by atoms with Gasteiger partial charge in [0.15, 0.2) is 0 Å². The summed E-state index contributed by atoms with van der Waals surface area (Å²) in [4.78, 5) is 10.2. The molecule has 12 heavy (non-hydrogen) atoms. The molecule has 4 heteroatoms. The first-order chi connectivity index (χ1) is 5.57. The van der Waals surface area contributed by atoms with Gasteiger partial charge in [-0.1, -0.05) is 13.3 Å². The Morgan fingerprint density at radius 1 is 1.50 bits per heavy atom. The quantitative estimate of drug-likeness (QED) is 0.643. The monoisotopic (exact) mass is 177 g/mol. The number of carboxylic acid groups (broad SMARTS) is 1. The van der Waals surface area contributed by atoms with Gasteiger partial charge in [-0.3, -0.25) is 4.79 Å². The van der Waals surface area contributed by atoms with Crippen LogP contribution in [0.3, 0.4) is 0 Å². The highest BCUT2D eigenvalue weighted by molar-refractivity contribution is 5.72. The predicted octanol–water partition coefficient (Wildman–Crippen LogP) is 1.32. The molecule has 0 aromatic heterocycles. The topological polar surface area (TPSA) is 63.3 Å². The molecule has 3 N–H and O–H groups in total. The molecule has 72 valence electrons. The molecular formula is C8H16FNO2. The summed E-state index contributed by atoms with van der Waals surface area (Å²) >= 11 is 0. The first kappa shape index (κ1) is 11.4. The van der Waals surface area contributed by atoms with E-state index in [0.29, 0.717) is 6.42 Å². The molecule has 2 unspecified atom stereocenters.